The molecule has 0 unspecified atom stereocenters. The smallest absolute Gasteiger partial charge is 0.239 e. The van der Waals surface area contributed by atoms with Crippen molar-refractivity contribution in [2.45, 2.75) is 70.1 Å². The van der Waals surface area contributed by atoms with E-state index in [1.807, 2.05) is 4.90 Å². The first-order chi connectivity index (χ1) is 14.1. The molecule has 29 heavy (non-hydrogen) atoms. The van der Waals surface area contributed by atoms with Gasteiger partial charge in [0.15, 0.2) is 0 Å². The average molecular weight is 399 g/mol. The molecule has 1 aromatic rings. The number of nitrogens with zero attached hydrogens (tertiary/aromatic N) is 3. The number of likely N-dealkylation sites (tertiary alicyclic amines) is 2. The normalized spacial score (nSPS) is 26.7. The standard InChI is InChI=1S/C24H38N4O/c1-4-27(5-2)24(29)23-16-21(25-20-10-12-26(3)13-11-20)17-28(23)22-14-18-8-6-7-9-19(18)15-22/h6-9,20-23,25H,4-5,10-17H2,1-3H3/t21-,23-/m0/s1. The lowest BCUT2D eigenvalue weighted by Crippen LogP contribution is -2.49. The Labute approximate surface area is 176 Å². The molecule has 2 fully saturated rings. The van der Waals surface area contributed by atoms with Crippen LogP contribution in [0.15, 0.2) is 24.3 Å². The van der Waals surface area contributed by atoms with Crippen LogP contribution in [0.2, 0.25) is 0 Å². The molecule has 0 bridgehead atoms. The number of nitrogens with one attached hydrogen (secondary N) is 1. The Morgan fingerprint density at radius 2 is 1.69 bits per heavy atom. The summed E-state index contributed by atoms with van der Waals surface area (Å²) in [6.45, 7) is 9.15. The number of hydrogen-bond acceptors (Lipinski definition) is 4. The van der Waals surface area contributed by atoms with Gasteiger partial charge in [-0.1, -0.05) is 24.3 Å². The highest BCUT2D eigenvalue weighted by atomic mass is 16.2. The van der Waals surface area contributed by atoms with Crippen LogP contribution in [0, 0.1) is 0 Å². The number of rotatable bonds is 6. The summed E-state index contributed by atoms with van der Waals surface area (Å²) >= 11 is 0. The molecule has 2 heterocycles. The van der Waals surface area contributed by atoms with Crippen LogP contribution in [0.1, 0.15) is 44.2 Å². The Kier molecular flexibility index (Phi) is 6.57. The van der Waals surface area contributed by atoms with Crippen LogP contribution in [-0.2, 0) is 17.6 Å². The van der Waals surface area contributed by atoms with Crippen molar-refractivity contribution in [3.63, 3.8) is 0 Å². The van der Waals surface area contributed by atoms with Gasteiger partial charge in [-0.15, -0.1) is 0 Å². The van der Waals surface area contributed by atoms with Crippen molar-refractivity contribution in [1.82, 2.24) is 20.0 Å². The van der Waals surface area contributed by atoms with Gasteiger partial charge in [-0.25, -0.2) is 0 Å². The molecule has 2 atom stereocenters. The van der Waals surface area contributed by atoms with Crippen LogP contribution in [0.25, 0.3) is 0 Å². The van der Waals surface area contributed by atoms with E-state index in [0.29, 0.717) is 24.0 Å². The summed E-state index contributed by atoms with van der Waals surface area (Å²) in [4.78, 5) is 20.4. The lowest BCUT2D eigenvalue weighted by Gasteiger charge is -2.33. The predicted molar refractivity (Wildman–Crippen MR) is 118 cm³/mol. The van der Waals surface area contributed by atoms with Gasteiger partial charge in [0.2, 0.25) is 5.91 Å². The van der Waals surface area contributed by atoms with Gasteiger partial charge < -0.3 is 15.1 Å². The zero-order valence-electron chi connectivity index (χ0n) is 18.4. The van der Waals surface area contributed by atoms with E-state index in [2.05, 4.69) is 60.3 Å². The van der Waals surface area contributed by atoms with E-state index in [-0.39, 0.29) is 6.04 Å². The second-order valence-corrected chi connectivity index (χ2v) is 9.23. The molecule has 0 radical (unpaired) electrons. The summed E-state index contributed by atoms with van der Waals surface area (Å²) in [5.41, 5.74) is 2.94. The zero-order chi connectivity index (χ0) is 20.4. The molecule has 4 rings (SSSR count). The Bertz CT molecular complexity index is 671. The third-order valence-electron chi connectivity index (χ3n) is 7.39. The number of likely N-dealkylation sites (N-methyl/N-ethyl adjacent to an activating group) is 1. The van der Waals surface area contributed by atoms with E-state index in [4.69, 9.17) is 0 Å². The molecule has 1 aromatic carbocycles. The molecular weight excluding hydrogens is 360 g/mol. The molecular formula is C24H38N4O. The van der Waals surface area contributed by atoms with E-state index in [9.17, 15) is 4.79 Å². The van der Waals surface area contributed by atoms with E-state index in [0.717, 1.165) is 38.9 Å². The van der Waals surface area contributed by atoms with Gasteiger partial charge >= 0.3 is 0 Å². The predicted octanol–water partition coefficient (Wildman–Crippen LogP) is 2.15. The zero-order valence-corrected chi connectivity index (χ0v) is 18.4. The van der Waals surface area contributed by atoms with Gasteiger partial charge in [-0.3, -0.25) is 9.69 Å². The van der Waals surface area contributed by atoms with E-state index < -0.39 is 0 Å². The van der Waals surface area contributed by atoms with Gasteiger partial charge in [-0.05, 0) is 77.2 Å². The minimum Gasteiger partial charge on any atom is -0.342 e. The van der Waals surface area contributed by atoms with Crippen LogP contribution in [0.4, 0.5) is 0 Å². The van der Waals surface area contributed by atoms with Crippen molar-refractivity contribution >= 4 is 5.91 Å². The average Bonchev–Trinajstić information content (AvgIpc) is 3.34. The lowest BCUT2D eigenvalue weighted by atomic mass is 10.0. The van der Waals surface area contributed by atoms with E-state index >= 15 is 0 Å². The van der Waals surface area contributed by atoms with Crippen LogP contribution in [0.5, 0.6) is 0 Å². The number of carbonyl (C=O) groups excluding carboxylic acids is 1. The first-order valence-electron chi connectivity index (χ1n) is 11.6. The molecule has 1 aliphatic carbocycles. The van der Waals surface area contributed by atoms with Crippen molar-refractivity contribution in [2.75, 3.05) is 39.8 Å². The molecule has 1 amide bonds. The summed E-state index contributed by atoms with van der Waals surface area (Å²) in [7, 11) is 2.21. The highest BCUT2D eigenvalue weighted by molar-refractivity contribution is 5.82. The fourth-order valence-corrected chi connectivity index (χ4v) is 5.65. The van der Waals surface area contributed by atoms with Gasteiger partial charge in [0.05, 0.1) is 6.04 Å². The molecule has 0 saturated carbocycles. The quantitative estimate of drug-likeness (QED) is 0.797. The summed E-state index contributed by atoms with van der Waals surface area (Å²) in [6.07, 6.45) is 5.56. The van der Waals surface area contributed by atoms with Gasteiger partial charge in [-0.2, -0.15) is 0 Å². The van der Waals surface area contributed by atoms with E-state index in [1.165, 1.54) is 37.1 Å². The minimum absolute atomic E-state index is 0.0259. The number of piperidine rings is 1. The molecule has 3 aliphatic rings. The Hall–Kier alpha value is -1.43. The SMILES string of the molecule is CCN(CC)C(=O)[C@@H]1C[C@H](NC2CCN(C)CC2)CN1C1Cc2ccccc2C1. The Morgan fingerprint density at radius 3 is 2.28 bits per heavy atom. The molecule has 160 valence electrons. The number of amides is 1. The van der Waals surface area contributed by atoms with Gasteiger partial charge in [0.25, 0.3) is 0 Å². The van der Waals surface area contributed by atoms with Crippen molar-refractivity contribution in [3.05, 3.63) is 35.4 Å². The van der Waals surface area contributed by atoms with E-state index in [1.54, 1.807) is 0 Å². The van der Waals surface area contributed by atoms with Crippen molar-refractivity contribution < 1.29 is 4.79 Å². The Balaban J connectivity index is 1.47. The first-order valence-corrected chi connectivity index (χ1v) is 11.6. The van der Waals surface area contributed by atoms with Crippen molar-refractivity contribution in [1.29, 1.82) is 0 Å². The molecule has 1 N–H and O–H groups in total. The third kappa shape index (κ3) is 4.52. The second-order valence-electron chi connectivity index (χ2n) is 9.23. The summed E-state index contributed by atoms with van der Waals surface area (Å²) in [5, 5.41) is 3.93. The molecule has 2 saturated heterocycles. The molecule has 5 heteroatoms. The summed E-state index contributed by atoms with van der Waals surface area (Å²) in [5.74, 6) is 0.332. The highest BCUT2D eigenvalue weighted by Gasteiger charge is 2.43. The third-order valence-corrected chi connectivity index (χ3v) is 7.39. The van der Waals surface area contributed by atoms with Crippen molar-refractivity contribution in [2.24, 2.45) is 0 Å². The largest absolute Gasteiger partial charge is 0.342 e. The Morgan fingerprint density at radius 1 is 1.07 bits per heavy atom. The minimum atomic E-state index is 0.0259. The van der Waals surface area contributed by atoms with Gasteiger partial charge in [0, 0.05) is 37.8 Å². The number of fused-ring (bicyclic) bond motifs is 1. The number of benzene rings is 1. The highest BCUT2D eigenvalue weighted by Crippen LogP contribution is 2.32. The number of carbonyl (C=O) groups is 1. The fraction of sp³-hybridized carbons (Fsp3) is 0.708. The van der Waals surface area contributed by atoms with Crippen LogP contribution in [-0.4, -0.2) is 84.5 Å². The van der Waals surface area contributed by atoms with Crippen molar-refractivity contribution in [3.8, 4) is 0 Å². The monoisotopic (exact) mass is 398 g/mol. The van der Waals surface area contributed by atoms with Gasteiger partial charge in [0.1, 0.15) is 0 Å². The topological polar surface area (TPSA) is 38.8 Å². The lowest BCUT2D eigenvalue weighted by molar-refractivity contribution is -0.136. The maximum Gasteiger partial charge on any atom is 0.239 e. The molecule has 5 nitrogen and oxygen atoms in total. The second kappa shape index (κ2) is 9.15. The number of hydrogen-bond donors (Lipinski definition) is 1. The van der Waals surface area contributed by atoms with Crippen LogP contribution >= 0.6 is 0 Å². The molecule has 0 spiro atoms. The van der Waals surface area contributed by atoms with Crippen LogP contribution in [0.3, 0.4) is 0 Å². The molecule has 2 aliphatic heterocycles. The summed E-state index contributed by atoms with van der Waals surface area (Å²) in [6, 6.07) is 10.3. The van der Waals surface area contributed by atoms with Crippen LogP contribution < -0.4 is 5.32 Å². The maximum absolute atomic E-state index is 13.4. The first kappa shape index (κ1) is 20.8. The summed E-state index contributed by atoms with van der Waals surface area (Å²) < 4.78 is 0. The fourth-order valence-electron chi connectivity index (χ4n) is 5.65. The molecule has 0 aromatic heterocycles. The maximum atomic E-state index is 13.4.